The number of aliphatic hydroxyl groups excluding tert-OH is 1. The van der Waals surface area contributed by atoms with Gasteiger partial charge in [0.15, 0.2) is 0 Å². The van der Waals surface area contributed by atoms with Crippen molar-refractivity contribution in [3.8, 4) is 0 Å². The molecule has 0 bridgehead atoms. The summed E-state index contributed by atoms with van der Waals surface area (Å²) < 4.78 is 0. The zero-order valence-electron chi connectivity index (χ0n) is 9.12. The van der Waals surface area contributed by atoms with E-state index < -0.39 is 0 Å². The van der Waals surface area contributed by atoms with E-state index in [0.717, 1.165) is 12.8 Å². The molecule has 84 valence electrons. The number of carbonyl (C=O) groups is 1. The zero-order valence-corrected chi connectivity index (χ0v) is 9.12. The molecule has 14 heavy (non-hydrogen) atoms. The molecule has 4 N–H and O–H groups in total. The number of aliphatic hydroxyl groups is 1. The van der Waals surface area contributed by atoms with Gasteiger partial charge in [-0.2, -0.15) is 0 Å². The fourth-order valence-electron chi connectivity index (χ4n) is 1.22. The van der Waals surface area contributed by atoms with Gasteiger partial charge in [-0.3, -0.25) is 4.79 Å². The molecule has 0 rings (SSSR count). The Labute approximate surface area is 85.9 Å². The quantitative estimate of drug-likeness (QED) is 0.554. The Morgan fingerprint density at radius 3 is 2.43 bits per heavy atom. The van der Waals surface area contributed by atoms with Gasteiger partial charge in [-0.1, -0.05) is 20.3 Å². The van der Waals surface area contributed by atoms with E-state index in [2.05, 4.69) is 5.32 Å². The first kappa shape index (κ1) is 13.4. The average molecular weight is 202 g/mol. The molecule has 0 aromatic heterocycles. The highest BCUT2D eigenvalue weighted by Crippen LogP contribution is 2.05. The van der Waals surface area contributed by atoms with Crippen molar-refractivity contribution in [1.82, 2.24) is 5.32 Å². The summed E-state index contributed by atoms with van der Waals surface area (Å²) in [5.74, 6) is 0.245. The van der Waals surface area contributed by atoms with Gasteiger partial charge in [0.1, 0.15) is 0 Å². The molecule has 0 aromatic carbocycles. The molecule has 4 heteroatoms. The number of hydrogen-bond donors (Lipinski definition) is 3. The molecule has 0 fully saturated rings. The third-order valence-corrected chi connectivity index (χ3v) is 2.46. The van der Waals surface area contributed by atoms with E-state index in [-0.39, 0.29) is 24.5 Å². The van der Waals surface area contributed by atoms with E-state index in [1.807, 2.05) is 13.8 Å². The molecule has 2 unspecified atom stereocenters. The number of nitrogens with two attached hydrogens (primary N) is 1. The van der Waals surface area contributed by atoms with E-state index >= 15 is 0 Å². The van der Waals surface area contributed by atoms with Gasteiger partial charge in [0, 0.05) is 6.42 Å². The SMILES string of the molecule is CCC(CN)CC(=O)NC(CC)CO. The van der Waals surface area contributed by atoms with Gasteiger partial charge in [-0.15, -0.1) is 0 Å². The highest BCUT2D eigenvalue weighted by molar-refractivity contribution is 5.76. The largest absolute Gasteiger partial charge is 0.394 e. The van der Waals surface area contributed by atoms with Crippen LogP contribution >= 0.6 is 0 Å². The van der Waals surface area contributed by atoms with Crippen molar-refractivity contribution < 1.29 is 9.90 Å². The van der Waals surface area contributed by atoms with Crippen molar-refractivity contribution >= 4 is 5.91 Å². The Balaban J connectivity index is 3.83. The van der Waals surface area contributed by atoms with E-state index in [9.17, 15) is 4.79 Å². The Morgan fingerprint density at radius 1 is 1.43 bits per heavy atom. The van der Waals surface area contributed by atoms with Gasteiger partial charge >= 0.3 is 0 Å². The first-order valence-corrected chi connectivity index (χ1v) is 5.28. The van der Waals surface area contributed by atoms with E-state index in [4.69, 9.17) is 10.8 Å². The Hall–Kier alpha value is -0.610. The zero-order chi connectivity index (χ0) is 11.0. The van der Waals surface area contributed by atoms with E-state index in [1.165, 1.54) is 0 Å². The van der Waals surface area contributed by atoms with Gasteiger partial charge < -0.3 is 16.2 Å². The molecule has 0 aliphatic rings. The molecule has 0 saturated carbocycles. The molecule has 0 aliphatic heterocycles. The van der Waals surface area contributed by atoms with Gasteiger partial charge in [-0.25, -0.2) is 0 Å². The lowest BCUT2D eigenvalue weighted by molar-refractivity contribution is -0.123. The van der Waals surface area contributed by atoms with Crippen molar-refractivity contribution in [2.75, 3.05) is 13.2 Å². The maximum Gasteiger partial charge on any atom is 0.220 e. The van der Waals surface area contributed by atoms with Gasteiger partial charge in [-0.05, 0) is 18.9 Å². The molecular weight excluding hydrogens is 180 g/mol. The molecule has 0 spiro atoms. The Kier molecular flexibility index (Phi) is 7.42. The summed E-state index contributed by atoms with van der Waals surface area (Å²) in [6, 6.07) is -0.113. The van der Waals surface area contributed by atoms with Crippen LogP contribution in [-0.4, -0.2) is 30.2 Å². The van der Waals surface area contributed by atoms with Crippen LogP contribution in [0.5, 0.6) is 0 Å². The van der Waals surface area contributed by atoms with Crippen LogP contribution in [0, 0.1) is 5.92 Å². The summed E-state index contributed by atoms with van der Waals surface area (Å²) in [5.41, 5.74) is 5.50. The van der Waals surface area contributed by atoms with Crippen LogP contribution in [-0.2, 0) is 4.79 Å². The minimum atomic E-state index is -0.113. The molecule has 2 atom stereocenters. The first-order valence-electron chi connectivity index (χ1n) is 5.28. The molecular formula is C10H22N2O2. The molecule has 0 radical (unpaired) electrons. The number of rotatable bonds is 7. The number of nitrogens with one attached hydrogen (secondary N) is 1. The smallest absolute Gasteiger partial charge is 0.220 e. The lowest BCUT2D eigenvalue weighted by Crippen LogP contribution is -2.38. The van der Waals surface area contributed by atoms with Crippen LogP contribution < -0.4 is 11.1 Å². The molecule has 0 aromatic rings. The molecule has 0 saturated heterocycles. The summed E-state index contributed by atoms with van der Waals surface area (Å²) in [5, 5.41) is 11.7. The minimum absolute atomic E-state index is 0.00164. The van der Waals surface area contributed by atoms with Crippen LogP contribution in [0.15, 0.2) is 0 Å². The van der Waals surface area contributed by atoms with E-state index in [1.54, 1.807) is 0 Å². The lowest BCUT2D eigenvalue weighted by Gasteiger charge is -2.16. The normalized spacial score (nSPS) is 14.9. The van der Waals surface area contributed by atoms with Crippen molar-refractivity contribution in [1.29, 1.82) is 0 Å². The Morgan fingerprint density at radius 2 is 2.07 bits per heavy atom. The minimum Gasteiger partial charge on any atom is -0.394 e. The van der Waals surface area contributed by atoms with Crippen LogP contribution in [0.4, 0.5) is 0 Å². The van der Waals surface area contributed by atoms with Crippen molar-refractivity contribution in [3.63, 3.8) is 0 Å². The summed E-state index contributed by atoms with van der Waals surface area (Å²) in [4.78, 5) is 11.4. The van der Waals surface area contributed by atoms with Crippen LogP contribution in [0.1, 0.15) is 33.1 Å². The maximum atomic E-state index is 11.4. The fourth-order valence-corrected chi connectivity index (χ4v) is 1.22. The highest BCUT2D eigenvalue weighted by atomic mass is 16.3. The van der Waals surface area contributed by atoms with Crippen LogP contribution in [0.2, 0.25) is 0 Å². The molecule has 1 amide bonds. The number of carbonyl (C=O) groups excluding carboxylic acids is 1. The standard InChI is InChI=1S/C10H22N2O2/c1-3-8(6-11)5-10(14)12-9(4-2)7-13/h8-9,13H,3-7,11H2,1-2H3,(H,12,14). The second kappa shape index (κ2) is 7.76. The Bertz CT molecular complexity index is 138. The third-order valence-electron chi connectivity index (χ3n) is 2.46. The average Bonchev–Trinajstić information content (AvgIpc) is 2.22. The third kappa shape index (κ3) is 5.19. The summed E-state index contributed by atoms with van der Waals surface area (Å²) in [6.07, 6.45) is 2.13. The second-order valence-corrected chi connectivity index (χ2v) is 3.57. The molecule has 0 heterocycles. The van der Waals surface area contributed by atoms with Crippen molar-refractivity contribution in [2.45, 2.75) is 39.2 Å². The topological polar surface area (TPSA) is 75.4 Å². The van der Waals surface area contributed by atoms with Crippen LogP contribution in [0.25, 0.3) is 0 Å². The predicted octanol–water partition coefficient (Wildman–Crippen LogP) is 0.249. The fraction of sp³-hybridized carbons (Fsp3) is 0.900. The van der Waals surface area contributed by atoms with Gasteiger partial charge in [0.25, 0.3) is 0 Å². The summed E-state index contributed by atoms with van der Waals surface area (Å²) in [6.45, 7) is 4.50. The summed E-state index contributed by atoms with van der Waals surface area (Å²) in [7, 11) is 0. The number of hydrogen-bond acceptors (Lipinski definition) is 3. The maximum absolute atomic E-state index is 11.4. The molecule has 0 aliphatic carbocycles. The first-order chi connectivity index (χ1) is 6.67. The molecule has 4 nitrogen and oxygen atoms in total. The summed E-state index contributed by atoms with van der Waals surface area (Å²) >= 11 is 0. The number of amides is 1. The lowest BCUT2D eigenvalue weighted by atomic mass is 10.0. The predicted molar refractivity (Wildman–Crippen MR) is 56.8 cm³/mol. The van der Waals surface area contributed by atoms with Gasteiger partial charge in [0.2, 0.25) is 5.91 Å². The second-order valence-electron chi connectivity index (χ2n) is 3.57. The monoisotopic (exact) mass is 202 g/mol. The van der Waals surface area contributed by atoms with Crippen molar-refractivity contribution in [2.24, 2.45) is 11.7 Å². The van der Waals surface area contributed by atoms with Crippen molar-refractivity contribution in [3.05, 3.63) is 0 Å². The van der Waals surface area contributed by atoms with E-state index in [0.29, 0.717) is 13.0 Å². The van der Waals surface area contributed by atoms with Gasteiger partial charge in [0.05, 0.1) is 12.6 Å². The van der Waals surface area contributed by atoms with Crippen LogP contribution in [0.3, 0.4) is 0 Å². The highest BCUT2D eigenvalue weighted by Gasteiger charge is 2.13.